The largest absolute Gasteiger partial charge is 0.464 e. The van der Waals surface area contributed by atoms with Crippen LogP contribution in [0.4, 0.5) is 0 Å². The van der Waals surface area contributed by atoms with E-state index >= 15 is 0 Å². The van der Waals surface area contributed by atoms with Crippen molar-refractivity contribution in [2.24, 2.45) is 0 Å². The van der Waals surface area contributed by atoms with Gasteiger partial charge in [0.15, 0.2) is 0 Å². The lowest BCUT2D eigenvalue weighted by Crippen LogP contribution is -2.28. The van der Waals surface area contributed by atoms with Crippen LogP contribution in [0.1, 0.15) is 32.5 Å². The van der Waals surface area contributed by atoms with Crippen LogP contribution in [-0.4, -0.2) is 17.6 Å². The number of amides is 1. The maximum atomic E-state index is 12.3. The summed E-state index contributed by atoms with van der Waals surface area (Å²) in [4.78, 5) is 13.1. The molecule has 2 heterocycles. The predicted octanol–water partition coefficient (Wildman–Crippen LogP) is 4.09. The van der Waals surface area contributed by atoms with Crippen LogP contribution in [0.25, 0.3) is 11.3 Å². The van der Waals surface area contributed by atoms with Crippen molar-refractivity contribution in [2.75, 3.05) is 6.54 Å². The van der Waals surface area contributed by atoms with Gasteiger partial charge >= 0.3 is 0 Å². The molecular formula is C19H19NO3S. The topological polar surface area (TPSA) is 62.5 Å². The van der Waals surface area contributed by atoms with Gasteiger partial charge in [-0.25, -0.2) is 0 Å². The number of furan rings is 1. The maximum Gasteiger partial charge on any atom is 0.251 e. The molecule has 0 bridgehead atoms. The molecule has 0 fully saturated rings. The standard InChI is InChI=1S/C19H19NO3S/c1-12-5-6-15(13(2)8-12)19(22)20-10-16(21)18-9-14(11-24-18)17-4-3-7-23-17/h3-9,11,16,21H,10H2,1-2H3,(H,20,22). The van der Waals surface area contributed by atoms with Gasteiger partial charge in [0.25, 0.3) is 5.91 Å². The molecule has 24 heavy (non-hydrogen) atoms. The highest BCUT2D eigenvalue weighted by molar-refractivity contribution is 7.10. The molecule has 0 aliphatic rings. The minimum atomic E-state index is -0.742. The number of aryl methyl sites for hydroxylation is 2. The Morgan fingerprint density at radius 1 is 1.29 bits per heavy atom. The predicted molar refractivity (Wildman–Crippen MR) is 95.2 cm³/mol. The molecule has 0 aliphatic carbocycles. The Bertz CT molecular complexity index is 836. The molecule has 124 valence electrons. The Balaban J connectivity index is 1.63. The van der Waals surface area contributed by atoms with Crippen LogP contribution in [0, 0.1) is 13.8 Å². The smallest absolute Gasteiger partial charge is 0.251 e. The van der Waals surface area contributed by atoms with Crippen molar-refractivity contribution in [1.29, 1.82) is 0 Å². The van der Waals surface area contributed by atoms with Gasteiger partial charge in [0, 0.05) is 27.9 Å². The van der Waals surface area contributed by atoms with Gasteiger partial charge in [-0.2, -0.15) is 0 Å². The monoisotopic (exact) mass is 341 g/mol. The normalized spacial score (nSPS) is 12.1. The molecule has 0 radical (unpaired) electrons. The van der Waals surface area contributed by atoms with Crippen LogP contribution in [0.2, 0.25) is 0 Å². The van der Waals surface area contributed by atoms with Crippen LogP contribution >= 0.6 is 11.3 Å². The zero-order chi connectivity index (χ0) is 17.1. The van der Waals surface area contributed by atoms with E-state index in [1.807, 2.05) is 55.6 Å². The number of carbonyl (C=O) groups is 1. The number of aliphatic hydroxyl groups is 1. The van der Waals surface area contributed by atoms with E-state index in [0.29, 0.717) is 5.56 Å². The molecule has 1 atom stereocenters. The molecule has 4 nitrogen and oxygen atoms in total. The van der Waals surface area contributed by atoms with Gasteiger partial charge in [-0.3, -0.25) is 4.79 Å². The molecule has 1 unspecified atom stereocenters. The zero-order valence-electron chi connectivity index (χ0n) is 13.6. The second-order valence-corrected chi connectivity index (χ2v) is 6.70. The first kappa shape index (κ1) is 16.5. The number of hydrogen-bond donors (Lipinski definition) is 2. The van der Waals surface area contributed by atoms with E-state index in [-0.39, 0.29) is 12.5 Å². The molecule has 2 aromatic heterocycles. The summed E-state index contributed by atoms with van der Waals surface area (Å²) in [6.45, 7) is 4.07. The Morgan fingerprint density at radius 3 is 2.83 bits per heavy atom. The van der Waals surface area contributed by atoms with Gasteiger partial charge in [-0.15, -0.1) is 11.3 Å². The summed E-state index contributed by atoms with van der Waals surface area (Å²) in [6, 6.07) is 11.3. The van der Waals surface area contributed by atoms with E-state index < -0.39 is 6.10 Å². The van der Waals surface area contributed by atoms with Crippen molar-refractivity contribution in [1.82, 2.24) is 5.32 Å². The molecule has 0 spiro atoms. The third-order valence-electron chi connectivity index (χ3n) is 3.84. The molecule has 0 saturated heterocycles. The van der Waals surface area contributed by atoms with Crippen LogP contribution in [-0.2, 0) is 0 Å². The molecule has 1 aromatic carbocycles. The van der Waals surface area contributed by atoms with E-state index in [9.17, 15) is 9.90 Å². The molecule has 1 amide bonds. The zero-order valence-corrected chi connectivity index (χ0v) is 14.4. The summed E-state index contributed by atoms with van der Waals surface area (Å²) < 4.78 is 5.35. The molecule has 3 rings (SSSR count). The van der Waals surface area contributed by atoms with Crippen LogP contribution < -0.4 is 5.32 Å². The van der Waals surface area contributed by atoms with Crippen molar-refractivity contribution in [3.05, 3.63) is 69.6 Å². The number of nitrogens with one attached hydrogen (secondary N) is 1. The number of carbonyl (C=O) groups excluding carboxylic acids is 1. The summed E-state index contributed by atoms with van der Waals surface area (Å²) in [6.07, 6.45) is 0.876. The summed E-state index contributed by atoms with van der Waals surface area (Å²) in [5.41, 5.74) is 3.61. The average molecular weight is 341 g/mol. The SMILES string of the molecule is Cc1ccc(C(=O)NCC(O)c2cc(-c3ccco3)cs2)c(C)c1. The fraction of sp³-hybridized carbons (Fsp3) is 0.211. The van der Waals surface area contributed by atoms with E-state index in [1.54, 1.807) is 6.26 Å². The number of benzene rings is 1. The minimum Gasteiger partial charge on any atom is -0.464 e. The van der Waals surface area contributed by atoms with Gasteiger partial charge in [-0.1, -0.05) is 17.7 Å². The Labute approximate surface area is 144 Å². The van der Waals surface area contributed by atoms with Gasteiger partial charge < -0.3 is 14.8 Å². The minimum absolute atomic E-state index is 0.171. The van der Waals surface area contributed by atoms with Gasteiger partial charge in [-0.05, 0) is 43.7 Å². The first-order valence-corrected chi connectivity index (χ1v) is 8.58. The summed E-state index contributed by atoms with van der Waals surface area (Å²) >= 11 is 1.45. The quantitative estimate of drug-likeness (QED) is 0.735. The van der Waals surface area contributed by atoms with E-state index in [2.05, 4.69) is 5.32 Å². The van der Waals surface area contributed by atoms with Crippen molar-refractivity contribution < 1.29 is 14.3 Å². The van der Waals surface area contributed by atoms with Crippen molar-refractivity contribution >= 4 is 17.2 Å². The molecule has 2 N–H and O–H groups in total. The van der Waals surface area contributed by atoms with Crippen molar-refractivity contribution in [2.45, 2.75) is 20.0 Å². The Hall–Kier alpha value is -2.37. The highest BCUT2D eigenvalue weighted by atomic mass is 32.1. The highest BCUT2D eigenvalue weighted by Crippen LogP contribution is 2.29. The van der Waals surface area contributed by atoms with Gasteiger partial charge in [0.2, 0.25) is 0 Å². The molecule has 0 aliphatic heterocycles. The molecule has 5 heteroatoms. The van der Waals surface area contributed by atoms with Gasteiger partial charge in [0.1, 0.15) is 11.9 Å². The number of thiophene rings is 1. The molecule has 0 saturated carbocycles. The second-order valence-electron chi connectivity index (χ2n) is 5.76. The Kier molecular flexibility index (Phi) is 4.83. The first-order chi connectivity index (χ1) is 11.5. The first-order valence-electron chi connectivity index (χ1n) is 7.70. The average Bonchev–Trinajstić information content (AvgIpc) is 3.23. The van der Waals surface area contributed by atoms with E-state index in [4.69, 9.17) is 4.42 Å². The highest BCUT2D eigenvalue weighted by Gasteiger charge is 2.15. The van der Waals surface area contributed by atoms with E-state index in [1.165, 1.54) is 11.3 Å². The van der Waals surface area contributed by atoms with Crippen LogP contribution in [0.3, 0.4) is 0 Å². The lowest BCUT2D eigenvalue weighted by Gasteiger charge is -2.12. The van der Waals surface area contributed by atoms with Crippen LogP contribution in [0.5, 0.6) is 0 Å². The fourth-order valence-electron chi connectivity index (χ4n) is 2.55. The second kappa shape index (κ2) is 7.03. The third kappa shape index (κ3) is 3.58. The van der Waals surface area contributed by atoms with E-state index in [0.717, 1.165) is 27.3 Å². The summed E-state index contributed by atoms with van der Waals surface area (Å²) in [5, 5.41) is 15.0. The van der Waals surface area contributed by atoms with Crippen molar-refractivity contribution in [3.63, 3.8) is 0 Å². The lowest BCUT2D eigenvalue weighted by molar-refractivity contribution is 0.0917. The fourth-order valence-corrected chi connectivity index (χ4v) is 3.44. The number of aliphatic hydroxyl groups excluding tert-OH is 1. The van der Waals surface area contributed by atoms with Crippen LogP contribution in [0.15, 0.2) is 52.5 Å². The summed E-state index contributed by atoms with van der Waals surface area (Å²) in [7, 11) is 0. The lowest BCUT2D eigenvalue weighted by atomic mass is 10.1. The Morgan fingerprint density at radius 2 is 2.12 bits per heavy atom. The molecule has 3 aromatic rings. The maximum absolute atomic E-state index is 12.3. The number of rotatable bonds is 5. The van der Waals surface area contributed by atoms with Crippen molar-refractivity contribution in [3.8, 4) is 11.3 Å². The third-order valence-corrected chi connectivity index (χ3v) is 4.87. The summed E-state index contributed by atoms with van der Waals surface area (Å²) in [5.74, 6) is 0.596. The number of hydrogen-bond acceptors (Lipinski definition) is 4. The molecular weight excluding hydrogens is 322 g/mol. The van der Waals surface area contributed by atoms with Gasteiger partial charge in [0.05, 0.1) is 6.26 Å².